The molecule has 0 spiro atoms. The van der Waals surface area contributed by atoms with E-state index in [2.05, 4.69) is 16.8 Å². The van der Waals surface area contributed by atoms with Gasteiger partial charge in [0, 0.05) is 18.6 Å². The topological polar surface area (TPSA) is 60.2 Å². The molecule has 1 unspecified atom stereocenters. The lowest BCUT2D eigenvalue weighted by atomic mass is 10.3. The molecule has 1 amide bonds. The molecule has 0 saturated carbocycles. The standard InChI is InChI=1S/C18H23ClN4O2S/c1-5-10-23-14(3)20-21-18(23)26-13(2)17(24)22(4)11-12-25-16-8-6-15(19)7-9-16/h5-9,13H,1,10-12H2,2-4H3. The highest BCUT2D eigenvalue weighted by Gasteiger charge is 2.21. The second-order valence-corrected chi connectivity index (χ2v) is 7.50. The van der Waals surface area contributed by atoms with Gasteiger partial charge in [0.15, 0.2) is 5.16 Å². The van der Waals surface area contributed by atoms with Crippen molar-refractivity contribution in [2.24, 2.45) is 0 Å². The first kappa shape index (κ1) is 20.3. The molecule has 2 aromatic rings. The van der Waals surface area contributed by atoms with Crippen molar-refractivity contribution in [2.75, 3.05) is 20.2 Å². The summed E-state index contributed by atoms with van der Waals surface area (Å²) in [7, 11) is 1.77. The number of carbonyl (C=O) groups excluding carboxylic acids is 1. The molecule has 0 saturated heterocycles. The molecule has 1 heterocycles. The van der Waals surface area contributed by atoms with E-state index in [-0.39, 0.29) is 11.2 Å². The summed E-state index contributed by atoms with van der Waals surface area (Å²) in [5, 5.41) is 9.32. The predicted octanol–water partition coefficient (Wildman–Crippen LogP) is 3.44. The first-order valence-corrected chi connectivity index (χ1v) is 9.48. The van der Waals surface area contributed by atoms with Gasteiger partial charge < -0.3 is 14.2 Å². The van der Waals surface area contributed by atoms with Crippen molar-refractivity contribution in [1.82, 2.24) is 19.7 Å². The molecule has 6 nitrogen and oxygen atoms in total. The molecule has 0 aliphatic carbocycles. The number of ether oxygens (including phenoxy) is 1. The highest BCUT2D eigenvalue weighted by Crippen LogP contribution is 2.23. The van der Waals surface area contributed by atoms with E-state index in [4.69, 9.17) is 16.3 Å². The predicted molar refractivity (Wildman–Crippen MR) is 105 cm³/mol. The van der Waals surface area contributed by atoms with Crippen LogP contribution in [0.5, 0.6) is 5.75 Å². The maximum Gasteiger partial charge on any atom is 0.235 e. The fraction of sp³-hybridized carbons (Fsp3) is 0.389. The van der Waals surface area contributed by atoms with Crippen molar-refractivity contribution >= 4 is 29.3 Å². The van der Waals surface area contributed by atoms with E-state index < -0.39 is 0 Å². The number of allylic oxidation sites excluding steroid dienone is 1. The maximum atomic E-state index is 12.6. The van der Waals surface area contributed by atoms with Gasteiger partial charge in [-0.1, -0.05) is 29.4 Å². The summed E-state index contributed by atoms with van der Waals surface area (Å²) < 4.78 is 7.57. The molecule has 1 aromatic carbocycles. The highest BCUT2D eigenvalue weighted by atomic mass is 35.5. The maximum absolute atomic E-state index is 12.6. The zero-order valence-electron chi connectivity index (χ0n) is 15.2. The number of aryl methyl sites for hydroxylation is 1. The number of likely N-dealkylation sites (N-methyl/N-ethyl adjacent to an activating group) is 1. The average molecular weight is 395 g/mol. The van der Waals surface area contributed by atoms with Crippen LogP contribution >= 0.6 is 23.4 Å². The molecule has 1 atom stereocenters. The molecule has 1 aromatic heterocycles. The van der Waals surface area contributed by atoms with Crippen molar-refractivity contribution in [2.45, 2.75) is 30.8 Å². The fourth-order valence-corrected chi connectivity index (χ4v) is 3.39. The van der Waals surface area contributed by atoms with Crippen LogP contribution in [0, 0.1) is 6.92 Å². The minimum absolute atomic E-state index is 0.0144. The third-order valence-electron chi connectivity index (χ3n) is 3.73. The number of amides is 1. The Morgan fingerprint density at radius 3 is 2.77 bits per heavy atom. The van der Waals surface area contributed by atoms with Gasteiger partial charge in [-0.25, -0.2) is 0 Å². The van der Waals surface area contributed by atoms with E-state index in [1.165, 1.54) is 11.8 Å². The molecule has 0 aliphatic heterocycles. The van der Waals surface area contributed by atoms with E-state index in [1.807, 2.05) is 18.4 Å². The second kappa shape index (κ2) is 9.64. The minimum Gasteiger partial charge on any atom is -0.492 e. The molecule has 0 aliphatic rings. The second-order valence-electron chi connectivity index (χ2n) is 5.75. The first-order valence-electron chi connectivity index (χ1n) is 8.23. The van der Waals surface area contributed by atoms with Crippen LogP contribution in [0.25, 0.3) is 0 Å². The highest BCUT2D eigenvalue weighted by molar-refractivity contribution is 8.00. The molecule has 0 radical (unpaired) electrons. The number of thioether (sulfide) groups is 1. The third-order valence-corrected chi connectivity index (χ3v) is 5.05. The SMILES string of the molecule is C=CCn1c(C)nnc1SC(C)C(=O)N(C)CCOc1ccc(Cl)cc1. The monoisotopic (exact) mass is 394 g/mol. The Morgan fingerprint density at radius 1 is 1.42 bits per heavy atom. The Balaban J connectivity index is 1.85. The van der Waals surface area contributed by atoms with Gasteiger partial charge in [0.1, 0.15) is 18.2 Å². The number of hydrogen-bond acceptors (Lipinski definition) is 5. The van der Waals surface area contributed by atoms with Gasteiger partial charge >= 0.3 is 0 Å². The Kier molecular flexibility index (Phi) is 7.53. The van der Waals surface area contributed by atoms with Crippen molar-refractivity contribution in [3.8, 4) is 5.75 Å². The van der Waals surface area contributed by atoms with Crippen LogP contribution in [-0.4, -0.2) is 51.0 Å². The van der Waals surface area contributed by atoms with Crippen LogP contribution in [0.1, 0.15) is 12.7 Å². The molecular weight excluding hydrogens is 372 g/mol. The molecule has 0 bridgehead atoms. The Bertz CT molecular complexity index is 748. The molecule has 8 heteroatoms. The van der Waals surface area contributed by atoms with Crippen molar-refractivity contribution in [3.05, 3.63) is 47.8 Å². The molecule has 2 rings (SSSR count). The number of benzene rings is 1. The van der Waals surface area contributed by atoms with Crippen LogP contribution in [0.2, 0.25) is 5.02 Å². The van der Waals surface area contributed by atoms with E-state index in [0.717, 1.165) is 11.6 Å². The number of carbonyl (C=O) groups is 1. The molecule has 140 valence electrons. The van der Waals surface area contributed by atoms with Crippen LogP contribution in [0.3, 0.4) is 0 Å². The van der Waals surface area contributed by atoms with Gasteiger partial charge in [-0.3, -0.25) is 4.79 Å². The minimum atomic E-state index is -0.275. The number of nitrogens with zero attached hydrogens (tertiary/aromatic N) is 4. The number of halogens is 1. The summed E-state index contributed by atoms with van der Waals surface area (Å²) in [6, 6.07) is 7.15. The van der Waals surface area contributed by atoms with Gasteiger partial charge in [-0.05, 0) is 38.1 Å². The summed E-state index contributed by atoms with van der Waals surface area (Å²) in [5.74, 6) is 1.54. The van der Waals surface area contributed by atoms with Crippen molar-refractivity contribution < 1.29 is 9.53 Å². The molecular formula is C18H23ClN4O2S. The lowest BCUT2D eigenvalue weighted by Crippen LogP contribution is -2.36. The average Bonchev–Trinajstić information content (AvgIpc) is 2.96. The van der Waals surface area contributed by atoms with Crippen molar-refractivity contribution in [1.29, 1.82) is 0 Å². The van der Waals surface area contributed by atoms with Crippen LogP contribution < -0.4 is 4.74 Å². The number of hydrogen-bond donors (Lipinski definition) is 0. The van der Waals surface area contributed by atoms with Gasteiger partial charge in [0.2, 0.25) is 5.91 Å². The quantitative estimate of drug-likeness (QED) is 0.481. The first-order chi connectivity index (χ1) is 12.4. The molecule has 0 N–H and O–H groups in total. The lowest BCUT2D eigenvalue weighted by Gasteiger charge is -2.21. The normalized spacial score (nSPS) is 11.8. The lowest BCUT2D eigenvalue weighted by molar-refractivity contribution is -0.129. The largest absolute Gasteiger partial charge is 0.492 e. The van der Waals surface area contributed by atoms with E-state index in [1.54, 1.807) is 42.3 Å². The zero-order chi connectivity index (χ0) is 19.1. The van der Waals surface area contributed by atoms with Crippen LogP contribution in [0.4, 0.5) is 0 Å². The summed E-state index contributed by atoms with van der Waals surface area (Å²) in [6.07, 6.45) is 1.78. The summed E-state index contributed by atoms with van der Waals surface area (Å²) in [5.41, 5.74) is 0. The van der Waals surface area contributed by atoms with E-state index in [0.29, 0.717) is 29.9 Å². The van der Waals surface area contributed by atoms with E-state index in [9.17, 15) is 4.79 Å². The Labute approximate surface area is 163 Å². The summed E-state index contributed by atoms with van der Waals surface area (Å²) in [4.78, 5) is 14.2. The van der Waals surface area contributed by atoms with Gasteiger partial charge in [-0.15, -0.1) is 16.8 Å². The summed E-state index contributed by atoms with van der Waals surface area (Å²) in [6.45, 7) is 9.01. The molecule has 0 fully saturated rings. The smallest absolute Gasteiger partial charge is 0.235 e. The van der Waals surface area contributed by atoms with Crippen LogP contribution in [0.15, 0.2) is 42.1 Å². The zero-order valence-corrected chi connectivity index (χ0v) is 16.8. The summed E-state index contributed by atoms with van der Waals surface area (Å²) >= 11 is 7.24. The fourth-order valence-electron chi connectivity index (χ4n) is 2.25. The van der Waals surface area contributed by atoms with E-state index >= 15 is 0 Å². The number of rotatable bonds is 9. The van der Waals surface area contributed by atoms with Gasteiger partial charge in [0.05, 0.1) is 11.8 Å². The Morgan fingerprint density at radius 2 is 2.12 bits per heavy atom. The third kappa shape index (κ3) is 5.51. The van der Waals surface area contributed by atoms with Crippen LogP contribution in [-0.2, 0) is 11.3 Å². The van der Waals surface area contributed by atoms with Crippen molar-refractivity contribution in [3.63, 3.8) is 0 Å². The Hall–Kier alpha value is -1.99. The van der Waals surface area contributed by atoms with Gasteiger partial charge in [-0.2, -0.15) is 0 Å². The molecule has 26 heavy (non-hydrogen) atoms. The number of aromatic nitrogens is 3. The van der Waals surface area contributed by atoms with Gasteiger partial charge in [0.25, 0.3) is 0 Å².